The molecule has 0 unspecified atom stereocenters. The summed E-state index contributed by atoms with van der Waals surface area (Å²) in [5.74, 6) is -0.373. The van der Waals surface area contributed by atoms with Gasteiger partial charge in [0.1, 0.15) is 11.7 Å². The van der Waals surface area contributed by atoms with Crippen molar-refractivity contribution in [2.75, 3.05) is 6.54 Å². The van der Waals surface area contributed by atoms with E-state index in [1.807, 2.05) is 19.1 Å². The third kappa shape index (κ3) is 1.63. The monoisotopic (exact) mass is 284 g/mol. The molecule has 0 aromatic heterocycles. The van der Waals surface area contributed by atoms with Crippen molar-refractivity contribution in [1.82, 2.24) is 4.90 Å². The molecule has 3 heterocycles. The molecular weight excluding hydrogens is 268 g/mol. The Bertz CT molecular complexity index is 693. The Balaban J connectivity index is 1.88. The van der Waals surface area contributed by atoms with Crippen LogP contribution in [0.15, 0.2) is 40.7 Å². The molecule has 0 aliphatic carbocycles. The highest BCUT2D eigenvalue weighted by atomic mass is 16.5. The van der Waals surface area contributed by atoms with Crippen LogP contribution in [0.4, 0.5) is 0 Å². The molecule has 1 aromatic carbocycles. The maximum absolute atomic E-state index is 12.0. The lowest BCUT2D eigenvalue weighted by atomic mass is 9.84. The van der Waals surface area contributed by atoms with E-state index < -0.39 is 0 Å². The summed E-state index contributed by atoms with van der Waals surface area (Å²) in [6.45, 7) is 2.73. The topological polar surface area (TPSA) is 62.1 Å². The summed E-state index contributed by atoms with van der Waals surface area (Å²) in [4.78, 5) is 14.3. The number of carbonyl (C=O) groups is 1. The Morgan fingerprint density at radius 2 is 2.19 bits per heavy atom. The average Bonchev–Trinajstić information content (AvgIpc) is 2.81. The lowest BCUT2D eigenvalue weighted by Crippen LogP contribution is -2.42. The first-order valence-electron chi connectivity index (χ1n) is 7.21. The number of ether oxygens (including phenoxy) is 1. The van der Waals surface area contributed by atoms with Crippen LogP contribution in [0.3, 0.4) is 0 Å². The Hall–Kier alpha value is -2.30. The van der Waals surface area contributed by atoms with E-state index in [0.29, 0.717) is 17.7 Å². The summed E-state index contributed by atoms with van der Waals surface area (Å²) in [5, 5.41) is 12.7. The number of esters is 1. The molecule has 5 heteroatoms. The Kier molecular flexibility index (Phi) is 2.58. The first kappa shape index (κ1) is 12.4. The summed E-state index contributed by atoms with van der Waals surface area (Å²) in [6.07, 6.45) is 1.21. The molecule has 0 amide bonds. The van der Waals surface area contributed by atoms with Crippen LogP contribution in [0, 0.1) is 0 Å². The number of benzene rings is 1. The minimum Gasteiger partial charge on any atom is -0.453 e. The molecule has 5 nitrogen and oxygen atoms in total. The second kappa shape index (κ2) is 4.35. The molecule has 1 N–H and O–H groups in total. The normalized spacial score (nSPS) is 29.1. The summed E-state index contributed by atoms with van der Waals surface area (Å²) < 4.78 is 5.33. The van der Waals surface area contributed by atoms with Gasteiger partial charge in [-0.3, -0.25) is 0 Å². The zero-order valence-electron chi connectivity index (χ0n) is 11.7. The number of nitrogens with zero attached hydrogens (tertiary/aromatic N) is 2. The summed E-state index contributed by atoms with van der Waals surface area (Å²) >= 11 is 0. The predicted molar refractivity (Wildman–Crippen MR) is 76.0 cm³/mol. The van der Waals surface area contributed by atoms with Crippen LogP contribution < -0.4 is 0 Å². The minimum atomic E-state index is -0.373. The van der Waals surface area contributed by atoms with Gasteiger partial charge < -0.3 is 14.8 Å². The van der Waals surface area contributed by atoms with Gasteiger partial charge in [-0.05, 0) is 24.5 Å². The maximum atomic E-state index is 12.0. The van der Waals surface area contributed by atoms with Gasteiger partial charge in [0, 0.05) is 13.0 Å². The second-order valence-corrected chi connectivity index (χ2v) is 5.72. The SMILES string of the molecule is C[C@@H]1OC(=O)C2=C1N1CCc3ccccc3[C@@H]1C/C2=N/O. The average molecular weight is 284 g/mol. The van der Waals surface area contributed by atoms with Crippen molar-refractivity contribution >= 4 is 11.7 Å². The van der Waals surface area contributed by atoms with Crippen LogP contribution in [0.1, 0.15) is 30.5 Å². The number of cyclic esters (lactones) is 1. The maximum Gasteiger partial charge on any atom is 0.342 e. The van der Waals surface area contributed by atoms with Gasteiger partial charge >= 0.3 is 5.97 Å². The lowest BCUT2D eigenvalue weighted by molar-refractivity contribution is -0.138. The van der Waals surface area contributed by atoms with E-state index in [1.54, 1.807) is 0 Å². The van der Waals surface area contributed by atoms with E-state index >= 15 is 0 Å². The van der Waals surface area contributed by atoms with Gasteiger partial charge in [-0.2, -0.15) is 0 Å². The molecule has 108 valence electrons. The van der Waals surface area contributed by atoms with Crippen molar-refractivity contribution in [3.8, 4) is 0 Å². The van der Waals surface area contributed by atoms with Gasteiger partial charge in [0.15, 0.2) is 0 Å². The van der Waals surface area contributed by atoms with Crippen molar-refractivity contribution in [1.29, 1.82) is 0 Å². The smallest absolute Gasteiger partial charge is 0.342 e. The fourth-order valence-corrected chi connectivity index (χ4v) is 3.76. The van der Waals surface area contributed by atoms with Gasteiger partial charge in [-0.15, -0.1) is 0 Å². The Labute approximate surface area is 122 Å². The van der Waals surface area contributed by atoms with Crippen LogP contribution in [0.2, 0.25) is 0 Å². The first-order valence-corrected chi connectivity index (χ1v) is 7.21. The van der Waals surface area contributed by atoms with Gasteiger partial charge in [-0.1, -0.05) is 29.4 Å². The second-order valence-electron chi connectivity index (χ2n) is 5.72. The highest BCUT2D eigenvalue weighted by Crippen LogP contribution is 2.43. The van der Waals surface area contributed by atoms with Gasteiger partial charge in [0.25, 0.3) is 0 Å². The third-order valence-corrected chi connectivity index (χ3v) is 4.65. The van der Waals surface area contributed by atoms with Crippen molar-refractivity contribution < 1.29 is 14.7 Å². The number of hydrogen-bond donors (Lipinski definition) is 1. The quantitative estimate of drug-likeness (QED) is 0.450. The molecule has 0 radical (unpaired) electrons. The van der Waals surface area contributed by atoms with E-state index in [-0.39, 0.29) is 18.1 Å². The highest BCUT2D eigenvalue weighted by Gasteiger charge is 2.45. The molecule has 0 fully saturated rings. The molecule has 0 saturated heterocycles. The van der Waals surface area contributed by atoms with Crippen LogP contribution in [0.5, 0.6) is 0 Å². The van der Waals surface area contributed by atoms with Gasteiger partial charge in [-0.25, -0.2) is 4.79 Å². The number of rotatable bonds is 0. The van der Waals surface area contributed by atoms with Gasteiger partial charge in [0.2, 0.25) is 0 Å². The van der Waals surface area contributed by atoms with Crippen molar-refractivity contribution in [3.05, 3.63) is 46.7 Å². The number of hydrogen-bond acceptors (Lipinski definition) is 5. The lowest BCUT2D eigenvalue weighted by Gasteiger charge is -2.43. The highest BCUT2D eigenvalue weighted by molar-refractivity contribution is 6.22. The van der Waals surface area contributed by atoms with Crippen LogP contribution in [-0.2, 0) is 16.0 Å². The summed E-state index contributed by atoms with van der Waals surface area (Å²) in [6, 6.07) is 8.47. The number of carbonyl (C=O) groups excluding carboxylic acids is 1. The number of fused-ring (bicyclic) bond motifs is 4. The van der Waals surface area contributed by atoms with Crippen LogP contribution in [-0.4, -0.2) is 34.4 Å². The van der Waals surface area contributed by atoms with Gasteiger partial charge in [0.05, 0.1) is 17.5 Å². The van der Waals surface area contributed by atoms with Crippen molar-refractivity contribution in [3.63, 3.8) is 0 Å². The fourth-order valence-electron chi connectivity index (χ4n) is 3.76. The largest absolute Gasteiger partial charge is 0.453 e. The zero-order valence-corrected chi connectivity index (χ0v) is 11.7. The van der Waals surface area contributed by atoms with Crippen molar-refractivity contribution in [2.45, 2.75) is 31.9 Å². The standard InChI is InChI=1S/C16H16N2O3/c1-9-15-14(16(19)21-9)12(17-20)8-13-11-5-3-2-4-10(11)6-7-18(13)15/h2-5,9,13,20H,6-8H2,1H3/b17-12-/t9-,13-/m0/s1. The molecule has 3 aliphatic heterocycles. The van der Waals surface area contributed by atoms with Crippen LogP contribution in [0.25, 0.3) is 0 Å². The molecule has 0 bridgehead atoms. The number of oxime groups is 1. The third-order valence-electron chi connectivity index (χ3n) is 4.65. The Morgan fingerprint density at radius 1 is 1.38 bits per heavy atom. The molecule has 21 heavy (non-hydrogen) atoms. The minimum absolute atomic E-state index is 0.122. The molecule has 4 rings (SSSR count). The zero-order chi connectivity index (χ0) is 14.6. The molecule has 0 spiro atoms. The summed E-state index contributed by atoms with van der Waals surface area (Å²) in [7, 11) is 0. The molecule has 3 aliphatic rings. The molecular formula is C16H16N2O3. The van der Waals surface area contributed by atoms with E-state index in [1.165, 1.54) is 11.1 Å². The Morgan fingerprint density at radius 3 is 3.00 bits per heavy atom. The van der Waals surface area contributed by atoms with E-state index in [0.717, 1.165) is 18.7 Å². The van der Waals surface area contributed by atoms with Crippen LogP contribution >= 0.6 is 0 Å². The first-order chi connectivity index (χ1) is 10.2. The molecule has 2 atom stereocenters. The van der Waals surface area contributed by atoms with E-state index in [4.69, 9.17) is 4.74 Å². The predicted octanol–water partition coefficient (Wildman–Crippen LogP) is 2.02. The molecule has 1 aromatic rings. The molecule has 0 saturated carbocycles. The van der Waals surface area contributed by atoms with E-state index in [9.17, 15) is 10.0 Å². The van der Waals surface area contributed by atoms with E-state index in [2.05, 4.69) is 22.2 Å². The summed E-state index contributed by atoms with van der Waals surface area (Å²) in [5.41, 5.74) is 4.36. The fraction of sp³-hybridized carbons (Fsp3) is 0.375. The van der Waals surface area contributed by atoms with Crippen molar-refractivity contribution in [2.24, 2.45) is 5.16 Å².